The zero-order valence-electron chi connectivity index (χ0n) is 14.6. The van der Waals surface area contributed by atoms with E-state index in [1.807, 2.05) is 11.4 Å². The first-order valence-corrected chi connectivity index (χ1v) is 10.5. The minimum Gasteiger partial charge on any atom is -0.297 e. The standard InChI is InChI=1S/C18H21N5OS2/c1-12-5-6-16(26-12)14-9-15(22-21-14)17(24)20-18-19-13(11-25-18)10-23-7-3-2-4-8-23/h5-6,9,11H,2-4,7-8,10H2,1H3,(H,21,22)(H,19,20,24). The quantitative estimate of drug-likeness (QED) is 0.690. The van der Waals surface area contributed by atoms with Crippen LogP contribution in [-0.2, 0) is 6.54 Å². The normalized spacial score (nSPS) is 15.3. The van der Waals surface area contributed by atoms with Crippen LogP contribution in [0.3, 0.4) is 0 Å². The summed E-state index contributed by atoms with van der Waals surface area (Å²) >= 11 is 3.13. The lowest BCUT2D eigenvalue weighted by atomic mass is 10.1. The number of likely N-dealkylation sites (tertiary alicyclic amines) is 1. The molecular formula is C18H21N5OS2. The van der Waals surface area contributed by atoms with Gasteiger partial charge >= 0.3 is 0 Å². The number of aromatic nitrogens is 3. The first-order valence-electron chi connectivity index (χ1n) is 8.78. The number of hydrogen-bond acceptors (Lipinski definition) is 6. The molecular weight excluding hydrogens is 366 g/mol. The van der Waals surface area contributed by atoms with Crippen molar-refractivity contribution in [2.45, 2.75) is 32.7 Å². The lowest BCUT2D eigenvalue weighted by molar-refractivity contribution is 0.102. The average molecular weight is 388 g/mol. The number of carbonyl (C=O) groups is 1. The van der Waals surface area contributed by atoms with E-state index in [0.29, 0.717) is 10.8 Å². The van der Waals surface area contributed by atoms with Crippen molar-refractivity contribution >= 4 is 33.7 Å². The number of rotatable bonds is 5. The van der Waals surface area contributed by atoms with E-state index in [1.165, 1.54) is 35.5 Å². The fourth-order valence-corrected chi connectivity index (χ4v) is 4.62. The maximum atomic E-state index is 12.4. The molecule has 2 N–H and O–H groups in total. The van der Waals surface area contributed by atoms with Crippen LogP contribution >= 0.6 is 22.7 Å². The van der Waals surface area contributed by atoms with Crippen molar-refractivity contribution in [1.82, 2.24) is 20.1 Å². The van der Waals surface area contributed by atoms with Gasteiger partial charge in [0.05, 0.1) is 16.3 Å². The number of nitrogens with zero attached hydrogens (tertiary/aromatic N) is 3. The highest BCUT2D eigenvalue weighted by atomic mass is 32.1. The van der Waals surface area contributed by atoms with Crippen LogP contribution in [0.4, 0.5) is 5.13 Å². The Morgan fingerprint density at radius 2 is 2.15 bits per heavy atom. The number of thiazole rings is 1. The van der Waals surface area contributed by atoms with Crippen molar-refractivity contribution < 1.29 is 4.79 Å². The van der Waals surface area contributed by atoms with Crippen LogP contribution < -0.4 is 5.32 Å². The van der Waals surface area contributed by atoms with E-state index in [-0.39, 0.29) is 5.91 Å². The molecule has 1 saturated heterocycles. The SMILES string of the molecule is Cc1ccc(-c2cc(C(=O)Nc3nc(CN4CCCCC4)cs3)n[nH]2)s1. The molecule has 0 radical (unpaired) electrons. The molecule has 0 aromatic carbocycles. The molecule has 1 aliphatic heterocycles. The molecule has 3 aromatic heterocycles. The first-order chi connectivity index (χ1) is 12.7. The van der Waals surface area contributed by atoms with Gasteiger partial charge in [0, 0.05) is 16.8 Å². The van der Waals surface area contributed by atoms with E-state index >= 15 is 0 Å². The molecule has 1 fully saturated rings. The van der Waals surface area contributed by atoms with Crippen LogP contribution in [0.5, 0.6) is 0 Å². The van der Waals surface area contributed by atoms with Crippen molar-refractivity contribution in [1.29, 1.82) is 0 Å². The molecule has 0 saturated carbocycles. The highest BCUT2D eigenvalue weighted by Crippen LogP contribution is 2.26. The third-order valence-electron chi connectivity index (χ3n) is 4.42. The van der Waals surface area contributed by atoms with Gasteiger partial charge in [0.15, 0.2) is 10.8 Å². The third kappa shape index (κ3) is 4.03. The molecule has 0 aliphatic carbocycles. The Kier molecular flexibility index (Phi) is 5.14. The summed E-state index contributed by atoms with van der Waals surface area (Å²) in [6.45, 7) is 5.19. The number of aryl methyl sites for hydroxylation is 1. The van der Waals surface area contributed by atoms with Gasteiger partial charge < -0.3 is 0 Å². The number of anilines is 1. The fourth-order valence-electron chi connectivity index (χ4n) is 3.09. The van der Waals surface area contributed by atoms with E-state index in [0.717, 1.165) is 35.9 Å². The zero-order chi connectivity index (χ0) is 17.9. The van der Waals surface area contributed by atoms with Crippen molar-refractivity contribution in [2.75, 3.05) is 18.4 Å². The van der Waals surface area contributed by atoms with Crippen molar-refractivity contribution in [3.63, 3.8) is 0 Å². The zero-order valence-corrected chi connectivity index (χ0v) is 16.3. The Morgan fingerprint density at radius 3 is 2.92 bits per heavy atom. The molecule has 4 rings (SSSR count). The number of H-pyrrole nitrogens is 1. The van der Waals surface area contributed by atoms with Crippen LogP contribution in [0, 0.1) is 6.92 Å². The van der Waals surface area contributed by atoms with Crippen LogP contribution in [0.25, 0.3) is 10.6 Å². The Bertz CT molecular complexity index is 891. The van der Waals surface area contributed by atoms with E-state index in [4.69, 9.17) is 0 Å². The number of piperidine rings is 1. The van der Waals surface area contributed by atoms with Gasteiger partial charge in [-0.15, -0.1) is 22.7 Å². The lowest BCUT2D eigenvalue weighted by Gasteiger charge is -2.25. The average Bonchev–Trinajstić information content (AvgIpc) is 3.37. The minimum absolute atomic E-state index is 0.236. The number of thiophene rings is 1. The van der Waals surface area contributed by atoms with Crippen LogP contribution in [0.1, 0.15) is 40.3 Å². The summed E-state index contributed by atoms with van der Waals surface area (Å²) in [5.74, 6) is -0.236. The molecule has 6 nitrogen and oxygen atoms in total. The lowest BCUT2D eigenvalue weighted by Crippen LogP contribution is -2.29. The summed E-state index contributed by atoms with van der Waals surface area (Å²) in [4.78, 5) is 21.7. The Hall–Kier alpha value is -2.03. The van der Waals surface area contributed by atoms with Crippen LogP contribution in [0.15, 0.2) is 23.6 Å². The second kappa shape index (κ2) is 7.69. The summed E-state index contributed by atoms with van der Waals surface area (Å²) in [7, 11) is 0. The fraction of sp³-hybridized carbons (Fsp3) is 0.389. The molecule has 4 heterocycles. The van der Waals surface area contributed by atoms with E-state index in [9.17, 15) is 4.79 Å². The second-order valence-corrected chi connectivity index (χ2v) is 8.66. The van der Waals surface area contributed by atoms with Gasteiger partial charge in [0.25, 0.3) is 5.91 Å². The smallest absolute Gasteiger partial charge is 0.277 e. The molecule has 0 atom stereocenters. The van der Waals surface area contributed by atoms with E-state index in [1.54, 1.807) is 17.4 Å². The highest BCUT2D eigenvalue weighted by Gasteiger charge is 2.16. The molecule has 1 aliphatic rings. The van der Waals surface area contributed by atoms with Gasteiger partial charge in [-0.1, -0.05) is 6.42 Å². The highest BCUT2D eigenvalue weighted by molar-refractivity contribution is 7.15. The number of hydrogen-bond donors (Lipinski definition) is 2. The van der Waals surface area contributed by atoms with Crippen molar-refractivity contribution in [3.8, 4) is 10.6 Å². The van der Waals surface area contributed by atoms with Gasteiger partial charge in [0.1, 0.15) is 0 Å². The van der Waals surface area contributed by atoms with E-state index < -0.39 is 0 Å². The van der Waals surface area contributed by atoms with Gasteiger partial charge in [-0.25, -0.2) is 4.98 Å². The Labute approximate surface area is 160 Å². The molecule has 136 valence electrons. The summed E-state index contributed by atoms with van der Waals surface area (Å²) in [5, 5.41) is 12.6. The Balaban J connectivity index is 1.38. The predicted octanol–water partition coefficient (Wildman–Crippen LogP) is 4.14. The topological polar surface area (TPSA) is 73.9 Å². The molecule has 1 amide bonds. The predicted molar refractivity (Wildman–Crippen MR) is 106 cm³/mol. The first kappa shape index (κ1) is 17.4. The molecule has 0 unspecified atom stereocenters. The number of amides is 1. The van der Waals surface area contributed by atoms with Gasteiger partial charge in [-0.3, -0.25) is 20.1 Å². The van der Waals surface area contributed by atoms with E-state index in [2.05, 4.69) is 38.4 Å². The monoisotopic (exact) mass is 387 g/mol. The molecule has 3 aromatic rings. The van der Waals surface area contributed by atoms with Gasteiger partial charge in [-0.2, -0.15) is 5.10 Å². The molecule has 0 bridgehead atoms. The molecule has 26 heavy (non-hydrogen) atoms. The number of carbonyl (C=O) groups excluding carboxylic acids is 1. The maximum Gasteiger partial charge on any atom is 0.277 e. The van der Waals surface area contributed by atoms with Crippen molar-refractivity contribution in [3.05, 3.63) is 39.8 Å². The van der Waals surface area contributed by atoms with Gasteiger partial charge in [0.2, 0.25) is 0 Å². The van der Waals surface area contributed by atoms with Crippen molar-refractivity contribution in [2.24, 2.45) is 0 Å². The molecule has 8 heteroatoms. The summed E-state index contributed by atoms with van der Waals surface area (Å²) in [6, 6.07) is 5.87. The largest absolute Gasteiger partial charge is 0.297 e. The Morgan fingerprint density at radius 1 is 1.31 bits per heavy atom. The number of nitrogens with one attached hydrogen (secondary N) is 2. The van der Waals surface area contributed by atoms with Crippen LogP contribution in [0.2, 0.25) is 0 Å². The summed E-state index contributed by atoms with van der Waals surface area (Å²) < 4.78 is 0. The third-order valence-corrected chi connectivity index (χ3v) is 6.26. The molecule has 0 spiro atoms. The van der Waals surface area contributed by atoms with Crippen LogP contribution in [-0.4, -0.2) is 39.1 Å². The summed E-state index contributed by atoms with van der Waals surface area (Å²) in [6.07, 6.45) is 3.85. The maximum absolute atomic E-state index is 12.4. The summed E-state index contributed by atoms with van der Waals surface area (Å²) in [5.41, 5.74) is 2.25. The number of aromatic amines is 1. The second-order valence-electron chi connectivity index (χ2n) is 6.51. The van der Waals surface area contributed by atoms with Gasteiger partial charge in [-0.05, 0) is 51.1 Å². The minimum atomic E-state index is -0.236.